The van der Waals surface area contributed by atoms with Crippen LogP contribution in [0.3, 0.4) is 0 Å². The Hall–Kier alpha value is -2.87. The summed E-state index contributed by atoms with van der Waals surface area (Å²) in [4.78, 5) is 0. The molecule has 0 aliphatic heterocycles. The van der Waals surface area contributed by atoms with Gasteiger partial charge >= 0.3 is 0 Å². The summed E-state index contributed by atoms with van der Waals surface area (Å²) in [6, 6.07) is 28.9. The van der Waals surface area contributed by atoms with Crippen molar-refractivity contribution < 1.29 is 16.9 Å². The molecular weight excluding hydrogens is 422 g/mol. The summed E-state index contributed by atoms with van der Waals surface area (Å²) in [7, 11) is 0. The van der Waals surface area contributed by atoms with Gasteiger partial charge in [0.25, 0.3) is 0 Å². The number of rotatable bonds is 8. The van der Waals surface area contributed by atoms with Crippen LogP contribution in [0, 0.1) is 0 Å². The second kappa shape index (κ2) is 17.7. The van der Waals surface area contributed by atoms with Crippen molar-refractivity contribution in [3.05, 3.63) is 127 Å². The van der Waals surface area contributed by atoms with Crippen LogP contribution in [0.2, 0.25) is 0 Å². The predicted octanol–water partition coefficient (Wildman–Crippen LogP) is 5.37. The Morgan fingerprint density at radius 2 is 0.879 bits per heavy atom. The van der Waals surface area contributed by atoms with Crippen LogP contribution < -0.4 is 12.4 Å². The Bertz CT molecular complexity index is 859. The highest BCUT2D eigenvalue weighted by Crippen LogP contribution is 2.13. The van der Waals surface area contributed by atoms with Gasteiger partial charge in [-0.3, -0.25) is 0 Å². The van der Waals surface area contributed by atoms with Crippen LogP contribution >= 0.6 is 0 Å². The molecule has 0 saturated heterocycles. The highest BCUT2D eigenvalue weighted by atomic mass is 35.5. The Kier molecular flexibility index (Phi) is 16.1. The van der Waals surface area contributed by atoms with Crippen LogP contribution in [-0.2, 0) is 6.54 Å². The van der Waals surface area contributed by atoms with Gasteiger partial charge in [-0.15, -0.1) is 0 Å². The fraction of sp³-hybridized carbons (Fsp3) is 0.226. The fourth-order valence-corrected chi connectivity index (χ4v) is 3.33. The molecule has 3 rings (SSSR count). The third-order valence-corrected chi connectivity index (χ3v) is 5.82. The van der Waals surface area contributed by atoms with Gasteiger partial charge < -0.3 is 16.9 Å². The number of hydrogen-bond donors (Lipinski definition) is 0. The number of hydrogen-bond acceptors (Lipinski definition) is 0. The van der Waals surface area contributed by atoms with Crippen molar-refractivity contribution in [2.75, 3.05) is 19.6 Å². The third kappa shape index (κ3) is 11.5. The first-order valence-corrected chi connectivity index (χ1v) is 11.5. The molecule has 0 aromatic heterocycles. The molecule has 0 saturated carbocycles. The lowest BCUT2D eigenvalue weighted by Crippen LogP contribution is -3.00. The molecule has 2 heteroatoms. The van der Waals surface area contributed by atoms with E-state index in [0.29, 0.717) is 0 Å². The molecular formula is C31H40ClN. The number of quaternary nitrogens is 1. The average molecular weight is 462 g/mol. The van der Waals surface area contributed by atoms with Crippen molar-refractivity contribution in [3.63, 3.8) is 0 Å². The van der Waals surface area contributed by atoms with Crippen molar-refractivity contribution in [1.29, 1.82) is 0 Å². The fourth-order valence-electron chi connectivity index (χ4n) is 3.33. The van der Waals surface area contributed by atoms with Crippen molar-refractivity contribution in [3.8, 4) is 0 Å². The molecule has 0 amide bonds. The molecule has 0 radical (unpaired) electrons. The molecule has 0 fully saturated rings. The second-order valence-corrected chi connectivity index (χ2v) is 7.62. The van der Waals surface area contributed by atoms with E-state index in [0.717, 1.165) is 11.1 Å². The first-order valence-electron chi connectivity index (χ1n) is 11.5. The maximum absolute atomic E-state index is 3.66. The van der Waals surface area contributed by atoms with E-state index in [1.165, 1.54) is 41.8 Å². The van der Waals surface area contributed by atoms with Crippen molar-refractivity contribution >= 4 is 18.2 Å². The zero-order chi connectivity index (χ0) is 23.7. The molecule has 1 nitrogen and oxygen atoms in total. The van der Waals surface area contributed by atoms with Crippen LogP contribution in [0.4, 0.5) is 0 Å². The minimum Gasteiger partial charge on any atom is -1.00 e. The van der Waals surface area contributed by atoms with Gasteiger partial charge in [-0.2, -0.15) is 0 Å². The third-order valence-electron chi connectivity index (χ3n) is 5.82. The molecule has 0 N–H and O–H groups in total. The Labute approximate surface area is 208 Å². The summed E-state index contributed by atoms with van der Waals surface area (Å²) in [5.41, 5.74) is 4.92. The normalized spacial score (nSPS) is 9.67. The summed E-state index contributed by atoms with van der Waals surface area (Å²) in [6.07, 6.45) is 5.49. The smallest absolute Gasteiger partial charge is 0.104 e. The number of benzene rings is 3. The van der Waals surface area contributed by atoms with Gasteiger partial charge in [0.2, 0.25) is 0 Å². The molecule has 0 spiro atoms. The van der Waals surface area contributed by atoms with Crippen molar-refractivity contribution in [2.45, 2.75) is 27.3 Å². The average Bonchev–Trinajstić information content (AvgIpc) is 2.89. The zero-order valence-corrected chi connectivity index (χ0v) is 21.3. The first-order chi connectivity index (χ1) is 15.6. The monoisotopic (exact) mass is 461 g/mol. The zero-order valence-electron chi connectivity index (χ0n) is 20.6. The van der Waals surface area contributed by atoms with Crippen LogP contribution in [-0.4, -0.2) is 24.1 Å². The van der Waals surface area contributed by atoms with Gasteiger partial charge in [-0.05, 0) is 37.5 Å². The van der Waals surface area contributed by atoms with Crippen LogP contribution in [0.15, 0.2) is 105 Å². The highest BCUT2D eigenvalue weighted by Gasteiger charge is 2.20. The highest BCUT2D eigenvalue weighted by molar-refractivity contribution is 5.53. The lowest BCUT2D eigenvalue weighted by atomic mass is 10.1. The minimum atomic E-state index is 0. The first kappa shape index (κ1) is 30.1. The van der Waals surface area contributed by atoms with Crippen LogP contribution in [0.25, 0.3) is 18.2 Å². The lowest BCUT2D eigenvalue weighted by molar-refractivity contribution is -0.936. The molecule has 3 aromatic carbocycles. The van der Waals surface area contributed by atoms with Gasteiger partial charge in [0.1, 0.15) is 6.54 Å². The van der Waals surface area contributed by atoms with E-state index in [-0.39, 0.29) is 12.4 Å². The predicted molar refractivity (Wildman–Crippen MR) is 145 cm³/mol. The molecule has 3 aromatic rings. The van der Waals surface area contributed by atoms with E-state index in [9.17, 15) is 0 Å². The topological polar surface area (TPSA) is 0 Å². The summed E-state index contributed by atoms with van der Waals surface area (Å²) in [6.45, 7) is 22.7. The Balaban J connectivity index is 0.000000477. The molecule has 176 valence electrons. The van der Waals surface area contributed by atoms with E-state index in [2.05, 4.69) is 70.8 Å². The molecule has 0 aliphatic rings. The summed E-state index contributed by atoms with van der Waals surface area (Å²) in [5, 5.41) is 0. The van der Waals surface area contributed by atoms with E-state index in [1.54, 1.807) is 0 Å². The Morgan fingerprint density at radius 1 is 0.545 bits per heavy atom. The Morgan fingerprint density at radius 3 is 1.18 bits per heavy atom. The van der Waals surface area contributed by atoms with Crippen molar-refractivity contribution in [1.82, 2.24) is 0 Å². The number of nitrogens with zero attached hydrogens (tertiary/aromatic N) is 1. The molecule has 0 heterocycles. The van der Waals surface area contributed by atoms with Gasteiger partial charge in [0.05, 0.1) is 19.6 Å². The van der Waals surface area contributed by atoms with Gasteiger partial charge in [-0.1, -0.05) is 123 Å². The summed E-state index contributed by atoms with van der Waals surface area (Å²) >= 11 is 0. The van der Waals surface area contributed by atoms with Gasteiger partial charge in [0.15, 0.2) is 0 Å². The molecule has 0 aliphatic carbocycles. The summed E-state index contributed by atoms with van der Waals surface area (Å²) < 4.78 is 1.20. The SMILES string of the molecule is C=Cc1ccc(C=C)cc1.C=Cc1ccccc1.CC[N+](CC)(CC)Cc1ccccc1.[Cl-]. The molecule has 33 heavy (non-hydrogen) atoms. The minimum absolute atomic E-state index is 0. The van der Waals surface area contributed by atoms with Gasteiger partial charge in [0, 0.05) is 5.56 Å². The largest absolute Gasteiger partial charge is 1.00 e. The molecule has 0 atom stereocenters. The van der Waals surface area contributed by atoms with Crippen LogP contribution in [0.1, 0.15) is 43.0 Å². The second-order valence-electron chi connectivity index (χ2n) is 7.62. The van der Waals surface area contributed by atoms with Gasteiger partial charge in [-0.25, -0.2) is 0 Å². The van der Waals surface area contributed by atoms with E-state index < -0.39 is 0 Å². The van der Waals surface area contributed by atoms with E-state index in [4.69, 9.17) is 0 Å². The summed E-state index contributed by atoms with van der Waals surface area (Å²) in [5.74, 6) is 0. The molecule has 0 bridgehead atoms. The molecule has 0 unspecified atom stereocenters. The maximum Gasteiger partial charge on any atom is 0.104 e. The quantitative estimate of drug-likeness (QED) is 0.395. The van der Waals surface area contributed by atoms with Crippen LogP contribution in [0.5, 0.6) is 0 Å². The number of halogens is 1. The maximum atomic E-state index is 3.66. The van der Waals surface area contributed by atoms with Crippen molar-refractivity contribution in [2.24, 2.45) is 0 Å². The van der Waals surface area contributed by atoms with E-state index >= 15 is 0 Å². The lowest BCUT2D eigenvalue weighted by Gasteiger charge is -2.35. The van der Waals surface area contributed by atoms with E-state index in [1.807, 2.05) is 72.8 Å². The standard InChI is InChI=1S/C13H22N.C10H10.C8H8.ClH/c1-4-14(5-2,6-3)12-13-10-8-7-9-11-13;1-3-9-5-7-10(4-2)8-6-9;1-2-8-6-4-3-5-7-8;/h7-11H,4-6,12H2,1-3H3;3-8H,1-2H2;2-7H,1H2;1H/q+1;;;/p-1.